The lowest BCUT2D eigenvalue weighted by atomic mass is 9.48. The van der Waals surface area contributed by atoms with Crippen LogP contribution in [0.2, 0.25) is 0 Å². The van der Waals surface area contributed by atoms with Crippen LogP contribution in [-0.4, -0.2) is 61.3 Å². The topological polar surface area (TPSA) is 92.8 Å². The molecule has 0 amide bonds. The molecule has 5 aliphatic rings. The lowest BCUT2D eigenvalue weighted by Crippen LogP contribution is -2.75. The van der Waals surface area contributed by atoms with Crippen molar-refractivity contribution >= 4 is 11.9 Å². The second-order valence-electron chi connectivity index (χ2n) is 10.8. The Hall–Kier alpha value is -2.00. The average Bonchev–Trinajstić information content (AvgIpc) is 3.57. The van der Waals surface area contributed by atoms with Crippen molar-refractivity contribution in [3.8, 4) is 0 Å². The molecule has 5 fully saturated rings. The van der Waals surface area contributed by atoms with Gasteiger partial charge in [-0.3, -0.25) is 9.59 Å². The summed E-state index contributed by atoms with van der Waals surface area (Å²) in [6.45, 7) is 8.02. The fourth-order valence-electron chi connectivity index (χ4n) is 7.51. The van der Waals surface area contributed by atoms with Gasteiger partial charge in [-0.05, 0) is 18.8 Å². The van der Waals surface area contributed by atoms with Crippen molar-refractivity contribution in [1.29, 1.82) is 0 Å². The molecule has 3 aliphatic heterocycles. The Labute approximate surface area is 199 Å². The summed E-state index contributed by atoms with van der Waals surface area (Å²) in [5.41, 5.74) is -0.754. The number of carbonyl (C=O) groups excluding carboxylic acids is 2. The quantitative estimate of drug-likeness (QED) is 0.490. The third-order valence-electron chi connectivity index (χ3n) is 9.10. The van der Waals surface area contributed by atoms with Gasteiger partial charge in [0, 0.05) is 24.8 Å². The predicted molar refractivity (Wildman–Crippen MR) is 117 cm³/mol. The maximum absolute atomic E-state index is 12.2. The SMILES string of the molecule is CC(=O)OC1CC2(C)C3(CO3)C1OC1CC(C)C(OC(C)=O)C3OC(c4ccccc4)OCC132. The van der Waals surface area contributed by atoms with E-state index < -0.39 is 41.0 Å². The van der Waals surface area contributed by atoms with Crippen LogP contribution in [0.4, 0.5) is 0 Å². The number of hydrogen-bond acceptors (Lipinski definition) is 8. The molecule has 10 atom stereocenters. The predicted octanol–water partition coefficient (Wildman–Crippen LogP) is 2.94. The molecule has 6 rings (SSSR count). The third-order valence-corrected chi connectivity index (χ3v) is 9.10. The second kappa shape index (κ2) is 7.50. The molecule has 1 aromatic carbocycles. The van der Waals surface area contributed by atoms with E-state index in [0.29, 0.717) is 26.1 Å². The van der Waals surface area contributed by atoms with Crippen LogP contribution in [0.5, 0.6) is 0 Å². The number of hydrogen-bond donors (Lipinski definition) is 0. The van der Waals surface area contributed by atoms with Crippen molar-refractivity contribution in [3.05, 3.63) is 35.9 Å². The highest BCUT2D eigenvalue weighted by Crippen LogP contribution is 2.74. The number of carbonyl (C=O) groups is 2. The first-order valence-corrected chi connectivity index (χ1v) is 12.2. The summed E-state index contributed by atoms with van der Waals surface area (Å²) in [5.74, 6) is -0.645. The molecule has 2 saturated carbocycles. The fourth-order valence-corrected chi connectivity index (χ4v) is 7.51. The maximum atomic E-state index is 12.2. The van der Waals surface area contributed by atoms with Crippen LogP contribution in [0, 0.1) is 16.7 Å². The minimum atomic E-state index is -0.632. The van der Waals surface area contributed by atoms with E-state index in [1.54, 1.807) is 0 Å². The zero-order chi connectivity index (χ0) is 23.9. The summed E-state index contributed by atoms with van der Waals surface area (Å²) in [7, 11) is 0. The van der Waals surface area contributed by atoms with Gasteiger partial charge in [-0.25, -0.2) is 0 Å². The Morgan fingerprint density at radius 1 is 1.00 bits per heavy atom. The van der Waals surface area contributed by atoms with Crippen molar-refractivity contribution in [2.45, 2.75) is 82.9 Å². The first-order valence-electron chi connectivity index (χ1n) is 12.2. The molecule has 10 unspecified atom stereocenters. The van der Waals surface area contributed by atoms with Crippen LogP contribution in [0.25, 0.3) is 0 Å². The van der Waals surface area contributed by atoms with Gasteiger partial charge in [0.1, 0.15) is 30.0 Å². The lowest BCUT2D eigenvalue weighted by molar-refractivity contribution is -0.379. The molecular formula is C26H32O8. The van der Waals surface area contributed by atoms with E-state index >= 15 is 0 Å². The number of benzene rings is 1. The van der Waals surface area contributed by atoms with E-state index in [2.05, 4.69) is 13.8 Å². The summed E-state index contributed by atoms with van der Waals surface area (Å²) in [4.78, 5) is 24.1. The molecule has 0 aromatic heterocycles. The number of epoxide rings is 1. The molecule has 8 nitrogen and oxygen atoms in total. The first kappa shape index (κ1) is 22.5. The van der Waals surface area contributed by atoms with E-state index in [0.717, 1.165) is 5.56 Å². The minimum Gasteiger partial charge on any atom is -0.460 e. The Balaban J connectivity index is 1.45. The van der Waals surface area contributed by atoms with Crippen LogP contribution in [0.3, 0.4) is 0 Å². The van der Waals surface area contributed by atoms with Gasteiger partial charge in [-0.1, -0.05) is 44.2 Å². The number of esters is 2. The molecule has 184 valence electrons. The van der Waals surface area contributed by atoms with E-state index in [1.165, 1.54) is 13.8 Å². The number of ether oxygens (including phenoxy) is 6. The Kier molecular flexibility index (Phi) is 4.95. The maximum Gasteiger partial charge on any atom is 0.303 e. The molecule has 0 N–H and O–H groups in total. The van der Waals surface area contributed by atoms with Crippen LogP contribution in [0.15, 0.2) is 30.3 Å². The molecular weight excluding hydrogens is 440 g/mol. The molecule has 0 radical (unpaired) electrons. The molecule has 1 aromatic rings. The zero-order valence-corrected chi connectivity index (χ0v) is 20.0. The third kappa shape index (κ3) is 2.86. The minimum absolute atomic E-state index is 0.0193. The van der Waals surface area contributed by atoms with Gasteiger partial charge in [0.05, 0.1) is 24.7 Å². The van der Waals surface area contributed by atoms with Crippen molar-refractivity contribution in [2.75, 3.05) is 13.2 Å². The number of rotatable bonds is 3. The van der Waals surface area contributed by atoms with Crippen molar-refractivity contribution in [2.24, 2.45) is 16.7 Å². The lowest BCUT2D eigenvalue weighted by Gasteiger charge is -2.65. The van der Waals surface area contributed by atoms with Gasteiger partial charge >= 0.3 is 11.9 Å². The Bertz CT molecular complexity index is 992. The summed E-state index contributed by atoms with van der Waals surface area (Å²) in [6, 6.07) is 9.80. The zero-order valence-electron chi connectivity index (χ0n) is 20.0. The Morgan fingerprint density at radius 3 is 2.35 bits per heavy atom. The smallest absolute Gasteiger partial charge is 0.303 e. The van der Waals surface area contributed by atoms with Crippen LogP contribution < -0.4 is 0 Å². The van der Waals surface area contributed by atoms with E-state index in [-0.39, 0.29) is 30.1 Å². The largest absolute Gasteiger partial charge is 0.460 e. The van der Waals surface area contributed by atoms with E-state index in [9.17, 15) is 9.59 Å². The van der Waals surface area contributed by atoms with Gasteiger partial charge < -0.3 is 28.4 Å². The highest BCUT2D eigenvalue weighted by molar-refractivity contribution is 5.67. The van der Waals surface area contributed by atoms with E-state index in [4.69, 9.17) is 28.4 Å². The molecule has 2 spiro atoms. The van der Waals surface area contributed by atoms with Crippen LogP contribution in [0.1, 0.15) is 52.4 Å². The second-order valence-corrected chi connectivity index (χ2v) is 10.8. The molecule has 3 saturated heterocycles. The summed E-state index contributed by atoms with van der Waals surface area (Å²) < 4.78 is 37.7. The Morgan fingerprint density at radius 2 is 1.71 bits per heavy atom. The summed E-state index contributed by atoms with van der Waals surface area (Å²) in [5, 5.41) is 0. The van der Waals surface area contributed by atoms with Crippen molar-refractivity contribution < 1.29 is 38.0 Å². The molecule has 2 aliphatic carbocycles. The summed E-state index contributed by atoms with van der Waals surface area (Å²) in [6.07, 6.45) is -1.18. The molecule has 3 heterocycles. The van der Waals surface area contributed by atoms with Gasteiger partial charge in [-0.15, -0.1) is 0 Å². The van der Waals surface area contributed by atoms with Gasteiger partial charge in [0.2, 0.25) is 0 Å². The highest BCUT2D eigenvalue weighted by atomic mass is 16.7. The highest BCUT2D eigenvalue weighted by Gasteiger charge is 2.85. The fraction of sp³-hybridized carbons (Fsp3) is 0.692. The van der Waals surface area contributed by atoms with Gasteiger partial charge in [-0.2, -0.15) is 0 Å². The first-order chi connectivity index (χ1) is 16.2. The molecule has 8 heteroatoms. The average molecular weight is 473 g/mol. The molecule has 34 heavy (non-hydrogen) atoms. The van der Waals surface area contributed by atoms with Gasteiger partial charge in [0.25, 0.3) is 0 Å². The van der Waals surface area contributed by atoms with Crippen molar-refractivity contribution in [1.82, 2.24) is 0 Å². The normalized spacial score (nSPS) is 48.5. The van der Waals surface area contributed by atoms with Crippen molar-refractivity contribution in [3.63, 3.8) is 0 Å². The summed E-state index contributed by atoms with van der Waals surface area (Å²) >= 11 is 0. The monoisotopic (exact) mass is 472 g/mol. The van der Waals surface area contributed by atoms with E-state index in [1.807, 2.05) is 30.3 Å². The molecule has 2 bridgehead atoms. The van der Waals surface area contributed by atoms with Crippen LogP contribution >= 0.6 is 0 Å². The van der Waals surface area contributed by atoms with Gasteiger partial charge in [0.15, 0.2) is 6.29 Å². The van der Waals surface area contributed by atoms with Crippen LogP contribution in [-0.2, 0) is 38.0 Å². The standard InChI is InChI=1S/C26H32O8/c1-14-10-19-25(24(4)11-18(31-15(2)27)21(33-19)26(24)13-30-26)12-29-23(17-8-6-5-7-9-17)34-22(25)20(14)32-16(3)28/h5-9,14,18-23H,10-13H2,1-4H3.